The second-order valence-corrected chi connectivity index (χ2v) is 4.41. The number of aromatic nitrogens is 2. The molecule has 0 bridgehead atoms. The lowest BCUT2D eigenvalue weighted by molar-refractivity contribution is 0.469. The zero-order valence-electron chi connectivity index (χ0n) is 11.0. The number of likely N-dealkylation sites (N-methyl/N-ethyl adjacent to an activating group) is 1. The average molecular weight is 265 g/mol. The molecule has 0 saturated heterocycles. The van der Waals surface area contributed by atoms with E-state index in [1.54, 1.807) is 16.9 Å². The molecule has 102 valence electrons. The lowest BCUT2D eigenvalue weighted by Crippen LogP contribution is -2.25. The summed E-state index contributed by atoms with van der Waals surface area (Å²) < 4.78 is 28.7. The molecule has 0 aliphatic heterocycles. The molecule has 0 saturated carbocycles. The Kier molecular flexibility index (Phi) is 4.27. The van der Waals surface area contributed by atoms with Crippen molar-refractivity contribution >= 4 is 0 Å². The van der Waals surface area contributed by atoms with Crippen LogP contribution in [0.5, 0.6) is 0 Å². The monoisotopic (exact) mass is 265 g/mol. The van der Waals surface area contributed by atoms with Crippen molar-refractivity contribution in [2.24, 2.45) is 7.05 Å². The van der Waals surface area contributed by atoms with Crippen LogP contribution in [0.1, 0.15) is 24.2 Å². The fourth-order valence-electron chi connectivity index (χ4n) is 2.18. The van der Waals surface area contributed by atoms with E-state index in [1.807, 2.05) is 20.0 Å². The number of nitrogens with one attached hydrogen (secondary N) is 1. The second kappa shape index (κ2) is 5.93. The van der Waals surface area contributed by atoms with Crippen molar-refractivity contribution in [1.82, 2.24) is 15.1 Å². The van der Waals surface area contributed by atoms with Crippen molar-refractivity contribution in [3.05, 3.63) is 53.4 Å². The highest BCUT2D eigenvalue weighted by atomic mass is 19.2. The number of halogens is 2. The quantitative estimate of drug-likeness (QED) is 0.900. The first-order valence-corrected chi connectivity index (χ1v) is 6.27. The first-order chi connectivity index (χ1) is 9.13. The van der Waals surface area contributed by atoms with E-state index in [0.717, 1.165) is 18.3 Å². The second-order valence-electron chi connectivity index (χ2n) is 4.41. The Morgan fingerprint density at radius 3 is 2.74 bits per heavy atom. The van der Waals surface area contributed by atoms with Gasteiger partial charge in [0, 0.05) is 13.2 Å². The molecule has 2 aromatic rings. The van der Waals surface area contributed by atoms with Crippen LogP contribution in [0.25, 0.3) is 0 Å². The average Bonchev–Trinajstić information content (AvgIpc) is 2.80. The molecule has 1 aromatic carbocycles. The summed E-state index contributed by atoms with van der Waals surface area (Å²) in [7, 11) is 1.83. The zero-order chi connectivity index (χ0) is 13.8. The molecule has 1 unspecified atom stereocenters. The van der Waals surface area contributed by atoms with Gasteiger partial charge in [-0.1, -0.05) is 19.1 Å². The summed E-state index contributed by atoms with van der Waals surface area (Å²) in [5.74, 6) is -1.58. The molecule has 0 aliphatic carbocycles. The summed E-state index contributed by atoms with van der Waals surface area (Å²) >= 11 is 0. The van der Waals surface area contributed by atoms with Crippen molar-refractivity contribution in [1.29, 1.82) is 0 Å². The molecule has 0 spiro atoms. The molecule has 1 heterocycles. The molecule has 2 rings (SSSR count). The number of nitrogens with zero attached hydrogens (tertiary/aromatic N) is 2. The minimum atomic E-state index is -0.808. The van der Waals surface area contributed by atoms with Crippen molar-refractivity contribution < 1.29 is 8.78 Å². The van der Waals surface area contributed by atoms with Gasteiger partial charge < -0.3 is 5.32 Å². The molecule has 19 heavy (non-hydrogen) atoms. The Morgan fingerprint density at radius 2 is 2.11 bits per heavy atom. The third kappa shape index (κ3) is 2.98. The SMILES string of the molecule is CCNC(Cc1cccc(F)c1F)c1ccnn1C. The summed E-state index contributed by atoms with van der Waals surface area (Å²) in [5, 5.41) is 7.38. The Balaban J connectivity index is 2.27. The van der Waals surface area contributed by atoms with Crippen LogP contribution in [0.15, 0.2) is 30.5 Å². The molecule has 1 aromatic heterocycles. The van der Waals surface area contributed by atoms with Gasteiger partial charge in [0.05, 0.1) is 11.7 Å². The van der Waals surface area contributed by atoms with E-state index in [2.05, 4.69) is 10.4 Å². The van der Waals surface area contributed by atoms with Crippen LogP contribution >= 0.6 is 0 Å². The van der Waals surface area contributed by atoms with Gasteiger partial charge in [-0.15, -0.1) is 0 Å². The molecule has 5 heteroatoms. The molecule has 1 atom stereocenters. The van der Waals surface area contributed by atoms with Crippen molar-refractivity contribution in [3.8, 4) is 0 Å². The summed E-state index contributed by atoms with van der Waals surface area (Å²) in [6.07, 6.45) is 2.08. The lowest BCUT2D eigenvalue weighted by atomic mass is 10.0. The Hall–Kier alpha value is -1.75. The predicted octanol–water partition coefficient (Wildman–Crippen LogP) is 2.59. The normalized spacial score (nSPS) is 12.6. The smallest absolute Gasteiger partial charge is 0.162 e. The van der Waals surface area contributed by atoms with Gasteiger partial charge in [0.2, 0.25) is 0 Å². The molecule has 0 aliphatic rings. The summed E-state index contributed by atoms with van der Waals surface area (Å²) in [4.78, 5) is 0. The maximum absolute atomic E-state index is 13.7. The number of hydrogen-bond acceptors (Lipinski definition) is 2. The van der Waals surface area contributed by atoms with Crippen LogP contribution in [-0.4, -0.2) is 16.3 Å². The standard InChI is InChI=1S/C14H17F2N3/c1-3-17-12(13-7-8-18-19(13)2)9-10-5-4-6-11(15)14(10)16/h4-8,12,17H,3,9H2,1-2H3. The van der Waals surface area contributed by atoms with Crippen molar-refractivity contribution in [2.45, 2.75) is 19.4 Å². The third-order valence-corrected chi connectivity index (χ3v) is 3.12. The molecular formula is C14H17F2N3. The van der Waals surface area contributed by atoms with E-state index >= 15 is 0 Å². The molecule has 0 radical (unpaired) electrons. The topological polar surface area (TPSA) is 29.9 Å². The highest BCUT2D eigenvalue weighted by Gasteiger charge is 2.17. The molecule has 0 fully saturated rings. The number of rotatable bonds is 5. The van der Waals surface area contributed by atoms with Gasteiger partial charge in [-0.25, -0.2) is 8.78 Å². The predicted molar refractivity (Wildman–Crippen MR) is 69.7 cm³/mol. The fraction of sp³-hybridized carbons (Fsp3) is 0.357. The van der Waals surface area contributed by atoms with E-state index in [9.17, 15) is 8.78 Å². The van der Waals surface area contributed by atoms with Crippen molar-refractivity contribution in [3.63, 3.8) is 0 Å². The van der Waals surface area contributed by atoms with Crippen LogP contribution in [0.3, 0.4) is 0 Å². The number of benzene rings is 1. The van der Waals surface area contributed by atoms with Crippen molar-refractivity contribution in [2.75, 3.05) is 6.54 Å². The van der Waals surface area contributed by atoms with Gasteiger partial charge in [0.25, 0.3) is 0 Å². The van der Waals surface area contributed by atoms with Crippen LogP contribution in [0, 0.1) is 11.6 Å². The Morgan fingerprint density at radius 1 is 1.32 bits per heavy atom. The van der Waals surface area contributed by atoms with E-state index in [-0.39, 0.29) is 6.04 Å². The minimum Gasteiger partial charge on any atom is -0.309 e. The Labute approximate surface area is 111 Å². The highest BCUT2D eigenvalue weighted by Crippen LogP contribution is 2.20. The van der Waals surface area contributed by atoms with Gasteiger partial charge in [-0.3, -0.25) is 4.68 Å². The third-order valence-electron chi connectivity index (χ3n) is 3.12. The number of aryl methyl sites for hydroxylation is 1. The van der Waals surface area contributed by atoms with Gasteiger partial charge in [0.1, 0.15) is 0 Å². The molecule has 0 amide bonds. The minimum absolute atomic E-state index is 0.0891. The maximum atomic E-state index is 13.7. The van der Waals surface area contributed by atoms with Gasteiger partial charge in [-0.05, 0) is 30.7 Å². The fourth-order valence-corrected chi connectivity index (χ4v) is 2.18. The van der Waals surface area contributed by atoms with Crippen LogP contribution in [0.2, 0.25) is 0 Å². The summed E-state index contributed by atoms with van der Waals surface area (Å²) in [6, 6.07) is 6.06. The Bertz CT molecular complexity index is 551. The largest absolute Gasteiger partial charge is 0.309 e. The number of hydrogen-bond donors (Lipinski definition) is 1. The van der Waals surface area contributed by atoms with Crippen LogP contribution < -0.4 is 5.32 Å². The maximum Gasteiger partial charge on any atom is 0.162 e. The molecule has 1 N–H and O–H groups in total. The first-order valence-electron chi connectivity index (χ1n) is 6.27. The van der Waals surface area contributed by atoms with Crippen LogP contribution in [0.4, 0.5) is 8.78 Å². The van der Waals surface area contributed by atoms with E-state index < -0.39 is 11.6 Å². The van der Waals surface area contributed by atoms with E-state index in [1.165, 1.54) is 6.07 Å². The molecule has 3 nitrogen and oxygen atoms in total. The summed E-state index contributed by atoms with van der Waals surface area (Å²) in [6.45, 7) is 2.72. The molecular weight excluding hydrogens is 248 g/mol. The van der Waals surface area contributed by atoms with Gasteiger partial charge >= 0.3 is 0 Å². The van der Waals surface area contributed by atoms with E-state index in [4.69, 9.17) is 0 Å². The lowest BCUT2D eigenvalue weighted by Gasteiger charge is -2.18. The van der Waals surface area contributed by atoms with E-state index in [0.29, 0.717) is 12.0 Å². The summed E-state index contributed by atoms with van der Waals surface area (Å²) in [5.41, 5.74) is 1.32. The highest BCUT2D eigenvalue weighted by molar-refractivity contribution is 5.22. The van der Waals surface area contributed by atoms with Gasteiger partial charge in [-0.2, -0.15) is 5.10 Å². The van der Waals surface area contributed by atoms with Gasteiger partial charge in [0.15, 0.2) is 11.6 Å². The van der Waals surface area contributed by atoms with Crippen LogP contribution in [-0.2, 0) is 13.5 Å². The first kappa shape index (κ1) is 13.7. The zero-order valence-corrected chi connectivity index (χ0v) is 11.0.